The van der Waals surface area contributed by atoms with Gasteiger partial charge in [0.15, 0.2) is 0 Å². The highest BCUT2D eigenvalue weighted by Gasteiger charge is 2.28. The first-order chi connectivity index (χ1) is 11.4. The van der Waals surface area contributed by atoms with Crippen LogP contribution in [0.15, 0.2) is 60.7 Å². The molecule has 0 saturated carbocycles. The Hall–Kier alpha value is -2.62. The molecule has 24 heavy (non-hydrogen) atoms. The van der Waals surface area contributed by atoms with Crippen LogP contribution in [0.4, 0.5) is 4.79 Å². The zero-order valence-electron chi connectivity index (χ0n) is 14.2. The predicted octanol–water partition coefficient (Wildman–Crippen LogP) is 4.24. The lowest BCUT2D eigenvalue weighted by atomic mass is 9.88. The van der Waals surface area contributed by atoms with Gasteiger partial charge in [-0.2, -0.15) is 0 Å². The molecule has 0 radical (unpaired) electrons. The van der Waals surface area contributed by atoms with Gasteiger partial charge in [-0.05, 0) is 31.9 Å². The summed E-state index contributed by atoms with van der Waals surface area (Å²) in [5.41, 5.74) is 1.09. The first-order valence-electron chi connectivity index (χ1n) is 7.95. The van der Waals surface area contributed by atoms with Crippen molar-refractivity contribution >= 4 is 12.4 Å². The van der Waals surface area contributed by atoms with Crippen LogP contribution in [-0.4, -0.2) is 18.0 Å². The number of alkyl carbamates (subject to hydrolysis) is 1. The molecule has 0 spiro atoms. The third kappa shape index (κ3) is 4.95. The van der Waals surface area contributed by atoms with Crippen LogP contribution in [-0.2, 0) is 9.53 Å². The van der Waals surface area contributed by atoms with E-state index in [1.54, 1.807) is 20.8 Å². The lowest BCUT2D eigenvalue weighted by molar-refractivity contribution is -0.109. The first kappa shape index (κ1) is 17.7. The van der Waals surface area contributed by atoms with E-state index in [1.165, 1.54) is 0 Å². The van der Waals surface area contributed by atoms with Crippen molar-refractivity contribution in [2.45, 2.75) is 38.3 Å². The fraction of sp³-hybridized carbons (Fsp3) is 0.300. The van der Waals surface area contributed by atoms with Crippen LogP contribution < -0.4 is 5.32 Å². The molecule has 0 aromatic heterocycles. The molecule has 4 heteroatoms. The molecule has 4 nitrogen and oxygen atoms in total. The van der Waals surface area contributed by atoms with Gasteiger partial charge in [0.25, 0.3) is 0 Å². The Morgan fingerprint density at radius 2 is 1.46 bits per heavy atom. The van der Waals surface area contributed by atoms with E-state index >= 15 is 0 Å². The van der Waals surface area contributed by atoms with Gasteiger partial charge in [0, 0.05) is 0 Å². The molecule has 0 fully saturated rings. The molecular weight excluding hydrogens is 302 g/mol. The van der Waals surface area contributed by atoms with Crippen molar-refractivity contribution in [3.05, 3.63) is 71.8 Å². The maximum atomic E-state index is 12.2. The highest BCUT2D eigenvalue weighted by Crippen LogP contribution is 2.29. The first-order valence-corrected chi connectivity index (χ1v) is 7.95. The summed E-state index contributed by atoms with van der Waals surface area (Å²) in [4.78, 5) is 24.0. The number of rotatable bonds is 5. The second-order valence-corrected chi connectivity index (χ2v) is 6.61. The lowest BCUT2D eigenvalue weighted by Crippen LogP contribution is -2.37. The number of nitrogens with one attached hydrogen (secondary N) is 1. The standard InChI is InChI=1S/C20H23NO3/c1-20(2,3)24-19(23)21-18(16-12-8-5-9-13-16)17(14-22)15-10-6-4-7-11-15/h4-14,17-18H,1-3H3,(H,21,23). The average Bonchev–Trinajstić information content (AvgIpc) is 2.55. The van der Waals surface area contributed by atoms with E-state index in [4.69, 9.17) is 4.74 Å². The summed E-state index contributed by atoms with van der Waals surface area (Å²) in [5.74, 6) is -0.499. The van der Waals surface area contributed by atoms with Crippen LogP contribution in [0.5, 0.6) is 0 Å². The summed E-state index contributed by atoms with van der Waals surface area (Å²) in [6, 6.07) is 18.3. The number of hydrogen-bond acceptors (Lipinski definition) is 3. The number of carbonyl (C=O) groups excluding carboxylic acids is 2. The van der Waals surface area contributed by atoms with Gasteiger partial charge in [-0.25, -0.2) is 4.79 Å². The summed E-state index contributed by atoms with van der Waals surface area (Å²) < 4.78 is 5.35. The van der Waals surface area contributed by atoms with Gasteiger partial charge in [0.2, 0.25) is 0 Å². The van der Waals surface area contributed by atoms with Gasteiger partial charge in [-0.15, -0.1) is 0 Å². The molecule has 0 saturated heterocycles. The van der Waals surface area contributed by atoms with Gasteiger partial charge in [-0.1, -0.05) is 60.7 Å². The normalized spacial score (nSPS) is 13.6. The molecule has 1 amide bonds. The highest BCUT2D eigenvalue weighted by molar-refractivity contribution is 5.71. The second kappa shape index (κ2) is 7.77. The SMILES string of the molecule is CC(C)(C)OC(=O)NC(c1ccccc1)C(C=O)c1ccccc1. The third-order valence-corrected chi connectivity index (χ3v) is 3.52. The Morgan fingerprint density at radius 3 is 1.92 bits per heavy atom. The van der Waals surface area contributed by atoms with E-state index in [0.29, 0.717) is 0 Å². The zero-order chi connectivity index (χ0) is 17.6. The fourth-order valence-corrected chi connectivity index (χ4v) is 2.50. The Morgan fingerprint density at radius 1 is 0.958 bits per heavy atom. The molecule has 126 valence electrons. The molecule has 2 aromatic carbocycles. The summed E-state index contributed by atoms with van der Waals surface area (Å²) in [7, 11) is 0. The highest BCUT2D eigenvalue weighted by atomic mass is 16.6. The maximum Gasteiger partial charge on any atom is 0.408 e. The lowest BCUT2D eigenvalue weighted by Gasteiger charge is -2.27. The number of carbonyl (C=O) groups is 2. The van der Waals surface area contributed by atoms with Crippen molar-refractivity contribution in [2.75, 3.05) is 0 Å². The molecule has 0 aliphatic heterocycles. The Labute approximate surface area is 142 Å². The third-order valence-electron chi connectivity index (χ3n) is 3.52. The minimum Gasteiger partial charge on any atom is -0.444 e. The van der Waals surface area contributed by atoms with Gasteiger partial charge in [0.05, 0.1) is 12.0 Å². The number of amides is 1. The fourth-order valence-electron chi connectivity index (χ4n) is 2.50. The van der Waals surface area contributed by atoms with Crippen molar-refractivity contribution in [2.24, 2.45) is 0 Å². The van der Waals surface area contributed by atoms with E-state index in [0.717, 1.165) is 17.4 Å². The topological polar surface area (TPSA) is 55.4 Å². The monoisotopic (exact) mass is 325 g/mol. The summed E-state index contributed by atoms with van der Waals surface area (Å²) in [5, 5.41) is 2.85. The summed E-state index contributed by atoms with van der Waals surface area (Å²) in [6.45, 7) is 5.41. The smallest absolute Gasteiger partial charge is 0.408 e. The van der Waals surface area contributed by atoms with Gasteiger partial charge >= 0.3 is 6.09 Å². The molecule has 0 heterocycles. The molecule has 1 N–H and O–H groups in total. The predicted molar refractivity (Wildman–Crippen MR) is 93.8 cm³/mol. The van der Waals surface area contributed by atoms with Gasteiger partial charge < -0.3 is 14.8 Å². The molecule has 0 aliphatic rings. The molecule has 2 unspecified atom stereocenters. The number of aldehydes is 1. The van der Waals surface area contributed by atoms with Gasteiger partial charge in [0.1, 0.15) is 11.9 Å². The zero-order valence-corrected chi connectivity index (χ0v) is 14.2. The van der Waals surface area contributed by atoms with Crippen molar-refractivity contribution < 1.29 is 14.3 Å². The van der Waals surface area contributed by atoms with E-state index in [1.807, 2.05) is 60.7 Å². The van der Waals surface area contributed by atoms with Crippen LogP contribution >= 0.6 is 0 Å². The van der Waals surface area contributed by atoms with E-state index in [2.05, 4.69) is 5.32 Å². The van der Waals surface area contributed by atoms with E-state index < -0.39 is 23.7 Å². The quantitative estimate of drug-likeness (QED) is 0.837. The molecule has 0 aliphatic carbocycles. The number of hydrogen-bond donors (Lipinski definition) is 1. The second-order valence-electron chi connectivity index (χ2n) is 6.61. The Bertz CT molecular complexity index is 662. The van der Waals surface area contributed by atoms with Crippen LogP contribution in [0.25, 0.3) is 0 Å². The minimum absolute atomic E-state index is 0.499. The van der Waals surface area contributed by atoms with Crippen LogP contribution in [0, 0.1) is 0 Å². The molecule has 2 aromatic rings. The molecule has 0 bridgehead atoms. The summed E-state index contributed by atoms with van der Waals surface area (Å²) >= 11 is 0. The Kier molecular flexibility index (Phi) is 5.74. The number of ether oxygens (including phenoxy) is 1. The van der Waals surface area contributed by atoms with Crippen molar-refractivity contribution in [1.29, 1.82) is 0 Å². The van der Waals surface area contributed by atoms with Crippen molar-refractivity contribution in [3.63, 3.8) is 0 Å². The van der Waals surface area contributed by atoms with Crippen LogP contribution in [0.1, 0.15) is 43.9 Å². The molecule has 2 atom stereocenters. The van der Waals surface area contributed by atoms with E-state index in [-0.39, 0.29) is 0 Å². The van der Waals surface area contributed by atoms with Gasteiger partial charge in [-0.3, -0.25) is 0 Å². The molecule has 2 rings (SSSR count). The molecular formula is C20H23NO3. The largest absolute Gasteiger partial charge is 0.444 e. The maximum absolute atomic E-state index is 12.2. The van der Waals surface area contributed by atoms with Crippen LogP contribution in [0.3, 0.4) is 0 Å². The van der Waals surface area contributed by atoms with Crippen molar-refractivity contribution in [3.8, 4) is 0 Å². The van der Waals surface area contributed by atoms with E-state index in [9.17, 15) is 9.59 Å². The number of benzene rings is 2. The van der Waals surface area contributed by atoms with Crippen LogP contribution in [0.2, 0.25) is 0 Å². The minimum atomic E-state index is -0.602. The van der Waals surface area contributed by atoms with Crippen molar-refractivity contribution in [1.82, 2.24) is 5.32 Å². The average molecular weight is 325 g/mol. The summed E-state index contributed by atoms with van der Waals surface area (Å²) in [6.07, 6.45) is 0.323. The Balaban J connectivity index is 2.32.